The summed E-state index contributed by atoms with van der Waals surface area (Å²) >= 11 is 0. The van der Waals surface area contributed by atoms with Gasteiger partial charge in [-0.1, -0.05) is 44.9 Å². The van der Waals surface area contributed by atoms with E-state index in [0.717, 1.165) is 32.2 Å². The van der Waals surface area contributed by atoms with Crippen LogP contribution in [0.1, 0.15) is 64.2 Å². The number of aliphatic hydroxyl groups is 1. The molecule has 0 aromatic carbocycles. The highest BCUT2D eigenvalue weighted by Gasteiger charge is 2.08. The number of carbonyl (C=O) groups excluding carboxylic acids is 1. The van der Waals surface area contributed by atoms with Gasteiger partial charge < -0.3 is 16.6 Å². The highest BCUT2D eigenvalue weighted by molar-refractivity contribution is 5.80. The summed E-state index contributed by atoms with van der Waals surface area (Å²) in [7, 11) is 0. The third-order valence-electron chi connectivity index (χ3n) is 3.18. The van der Waals surface area contributed by atoms with E-state index in [1.54, 1.807) is 0 Å². The van der Waals surface area contributed by atoms with Crippen LogP contribution in [0.2, 0.25) is 0 Å². The first-order chi connectivity index (χ1) is 8.70. The number of hydrogen-bond acceptors (Lipinski definition) is 4. The Labute approximate surface area is 111 Å². The van der Waals surface area contributed by atoms with Crippen molar-refractivity contribution >= 4 is 5.78 Å². The van der Waals surface area contributed by atoms with Crippen molar-refractivity contribution in [3.63, 3.8) is 0 Å². The van der Waals surface area contributed by atoms with E-state index in [-0.39, 0.29) is 18.7 Å². The summed E-state index contributed by atoms with van der Waals surface area (Å²) in [5.74, 6) is -0.0533. The lowest BCUT2D eigenvalue weighted by Crippen LogP contribution is -2.20. The number of Topliss-reactive ketones (excluding diaryl/α,β-unsaturated/α-hetero) is 1. The van der Waals surface area contributed by atoms with E-state index in [2.05, 4.69) is 0 Å². The fourth-order valence-electron chi connectivity index (χ4n) is 2.03. The molecule has 5 N–H and O–H groups in total. The van der Waals surface area contributed by atoms with Crippen LogP contribution in [-0.2, 0) is 4.79 Å². The van der Waals surface area contributed by atoms with E-state index in [1.807, 2.05) is 0 Å². The molecule has 0 spiro atoms. The molecule has 0 aliphatic carbocycles. The maximum atomic E-state index is 11.0. The van der Waals surface area contributed by atoms with Gasteiger partial charge in [-0.2, -0.15) is 0 Å². The van der Waals surface area contributed by atoms with Crippen molar-refractivity contribution in [2.45, 2.75) is 70.3 Å². The normalized spacial score (nSPS) is 12.6. The van der Waals surface area contributed by atoms with Crippen molar-refractivity contribution in [2.75, 3.05) is 13.1 Å². The fraction of sp³-hybridized carbons (Fsp3) is 0.929. The van der Waals surface area contributed by atoms with Crippen molar-refractivity contribution in [3.8, 4) is 0 Å². The average Bonchev–Trinajstić information content (AvgIpc) is 2.36. The maximum Gasteiger partial charge on any atom is 0.148 e. The van der Waals surface area contributed by atoms with E-state index in [4.69, 9.17) is 11.5 Å². The van der Waals surface area contributed by atoms with Gasteiger partial charge in [-0.15, -0.1) is 0 Å². The molecule has 0 radical (unpaired) electrons. The second kappa shape index (κ2) is 13.0. The summed E-state index contributed by atoms with van der Waals surface area (Å²) in [6.07, 6.45) is 10.0. The molecule has 4 heteroatoms. The van der Waals surface area contributed by atoms with Crippen LogP contribution in [-0.4, -0.2) is 30.1 Å². The number of carbonyl (C=O) groups is 1. The van der Waals surface area contributed by atoms with Crippen LogP contribution < -0.4 is 11.5 Å². The molecule has 0 aromatic heterocycles. The molecule has 0 aromatic rings. The Morgan fingerprint density at radius 2 is 1.39 bits per heavy atom. The van der Waals surface area contributed by atoms with Crippen molar-refractivity contribution in [1.29, 1.82) is 0 Å². The molecule has 0 aliphatic heterocycles. The van der Waals surface area contributed by atoms with Gasteiger partial charge in [0.25, 0.3) is 0 Å². The van der Waals surface area contributed by atoms with Crippen molar-refractivity contribution in [3.05, 3.63) is 0 Å². The first-order valence-corrected chi connectivity index (χ1v) is 7.30. The molecule has 0 bridgehead atoms. The van der Waals surface area contributed by atoms with Crippen LogP contribution in [0.15, 0.2) is 0 Å². The van der Waals surface area contributed by atoms with Crippen molar-refractivity contribution < 1.29 is 9.90 Å². The lowest BCUT2D eigenvalue weighted by molar-refractivity contribution is -0.119. The van der Waals surface area contributed by atoms with Crippen LogP contribution in [0.5, 0.6) is 0 Å². The predicted molar refractivity (Wildman–Crippen MR) is 75.3 cm³/mol. The van der Waals surface area contributed by atoms with Gasteiger partial charge in [0.2, 0.25) is 0 Å². The van der Waals surface area contributed by atoms with Crippen LogP contribution in [0.3, 0.4) is 0 Å². The van der Waals surface area contributed by atoms with Gasteiger partial charge in [0.15, 0.2) is 0 Å². The summed E-state index contributed by atoms with van der Waals surface area (Å²) in [6, 6.07) is 0. The molecule has 4 nitrogen and oxygen atoms in total. The zero-order chi connectivity index (χ0) is 13.6. The molecule has 0 amide bonds. The number of ketones is 1. The molecule has 18 heavy (non-hydrogen) atoms. The molecule has 0 saturated heterocycles. The lowest BCUT2D eigenvalue weighted by Gasteiger charge is -2.08. The minimum absolute atomic E-state index is 0.0415. The minimum Gasteiger partial charge on any atom is -0.393 e. The van der Waals surface area contributed by atoms with Gasteiger partial charge >= 0.3 is 0 Å². The molecule has 1 unspecified atom stereocenters. The Morgan fingerprint density at radius 1 is 0.889 bits per heavy atom. The minimum atomic E-state index is -0.495. The third-order valence-corrected chi connectivity index (χ3v) is 3.18. The Kier molecular flexibility index (Phi) is 12.7. The van der Waals surface area contributed by atoms with E-state index >= 15 is 0 Å². The summed E-state index contributed by atoms with van der Waals surface area (Å²) in [5.41, 5.74) is 10.6. The zero-order valence-corrected chi connectivity index (χ0v) is 11.6. The first kappa shape index (κ1) is 17.6. The lowest BCUT2D eigenvalue weighted by atomic mass is 10.0. The van der Waals surface area contributed by atoms with E-state index in [0.29, 0.717) is 0 Å². The van der Waals surface area contributed by atoms with Crippen LogP contribution >= 0.6 is 0 Å². The standard InChI is InChI=1S/C14H30N2O2/c15-10-8-6-4-2-1-3-5-7-9-13(17)11-14(18)12-16/h13,17H,1-12,15-16H2. The monoisotopic (exact) mass is 258 g/mol. The van der Waals surface area contributed by atoms with Gasteiger partial charge in [0.05, 0.1) is 12.6 Å². The maximum absolute atomic E-state index is 11.0. The van der Waals surface area contributed by atoms with Crippen molar-refractivity contribution in [2.24, 2.45) is 11.5 Å². The molecule has 108 valence electrons. The van der Waals surface area contributed by atoms with Gasteiger partial charge in [0, 0.05) is 6.42 Å². The second-order valence-corrected chi connectivity index (χ2v) is 5.01. The van der Waals surface area contributed by atoms with E-state index in [1.165, 1.54) is 32.1 Å². The predicted octanol–water partition coefficient (Wildman–Crippen LogP) is 1.73. The quantitative estimate of drug-likeness (QED) is 0.439. The zero-order valence-electron chi connectivity index (χ0n) is 11.6. The van der Waals surface area contributed by atoms with Crippen LogP contribution in [0.4, 0.5) is 0 Å². The Bertz CT molecular complexity index is 198. The number of rotatable bonds is 13. The average molecular weight is 258 g/mol. The Morgan fingerprint density at radius 3 is 1.89 bits per heavy atom. The molecule has 0 rings (SSSR count). The Hall–Kier alpha value is -0.450. The number of unbranched alkanes of at least 4 members (excludes halogenated alkanes) is 7. The van der Waals surface area contributed by atoms with Crippen molar-refractivity contribution in [1.82, 2.24) is 0 Å². The van der Waals surface area contributed by atoms with Crippen LogP contribution in [0, 0.1) is 0 Å². The largest absolute Gasteiger partial charge is 0.393 e. The summed E-state index contributed by atoms with van der Waals surface area (Å²) in [5, 5.41) is 9.56. The second-order valence-electron chi connectivity index (χ2n) is 5.01. The molecule has 0 heterocycles. The molecular formula is C14H30N2O2. The van der Waals surface area contributed by atoms with E-state index in [9.17, 15) is 9.90 Å². The molecular weight excluding hydrogens is 228 g/mol. The summed E-state index contributed by atoms with van der Waals surface area (Å²) in [6.45, 7) is 0.846. The summed E-state index contributed by atoms with van der Waals surface area (Å²) in [4.78, 5) is 11.0. The Balaban J connectivity index is 3.17. The topological polar surface area (TPSA) is 89.3 Å². The fourth-order valence-corrected chi connectivity index (χ4v) is 2.03. The SMILES string of the molecule is NCCCCCCCCCCC(O)CC(=O)CN. The first-order valence-electron chi connectivity index (χ1n) is 7.30. The molecule has 0 saturated carbocycles. The smallest absolute Gasteiger partial charge is 0.148 e. The van der Waals surface area contributed by atoms with Crippen LogP contribution in [0.25, 0.3) is 0 Å². The number of hydrogen-bond donors (Lipinski definition) is 3. The number of nitrogens with two attached hydrogens (primary N) is 2. The third kappa shape index (κ3) is 12.0. The highest BCUT2D eigenvalue weighted by atomic mass is 16.3. The summed E-state index contributed by atoms with van der Waals surface area (Å²) < 4.78 is 0. The van der Waals surface area contributed by atoms with Gasteiger partial charge in [-0.05, 0) is 19.4 Å². The molecule has 0 aliphatic rings. The highest BCUT2D eigenvalue weighted by Crippen LogP contribution is 2.11. The number of aliphatic hydroxyl groups excluding tert-OH is 1. The molecule has 0 fully saturated rings. The van der Waals surface area contributed by atoms with Gasteiger partial charge in [-0.3, -0.25) is 4.79 Å². The van der Waals surface area contributed by atoms with Gasteiger partial charge in [0.1, 0.15) is 5.78 Å². The van der Waals surface area contributed by atoms with E-state index < -0.39 is 6.10 Å². The molecule has 1 atom stereocenters. The van der Waals surface area contributed by atoms with Gasteiger partial charge in [-0.25, -0.2) is 0 Å².